The number of nitro benzene ring substituents is 1. The molecule has 3 rings (SSSR count). The fraction of sp³-hybridized carbons (Fsp3) is 0.167. The van der Waals surface area contributed by atoms with Crippen LogP contribution in [0.3, 0.4) is 0 Å². The lowest BCUT2D eigenvalue weighted by Crippen LogP contribution is -1.98. The maximum Gasteiger partial charge on any atom is 0.270 e. The third-order valence-electron chi connectivity index (χ3n) is 4.09. The van der Waals surface area contributed by atoms with E-state index in [0.717, 1.165) is 29.4 Å². The number of aromatic nitrogens is 1. The standard InChI is InChI=1S/C18H15N3O2/c1-20-16(7-6-13-2-4-14(12-19)5-3-13)10-15-11-17(21(22)23)8-9-18(15)20/h2-5,8-11H,6-7H2,1H3. The normalized spacial score (nSPS) is 10.6. The van der Waals surface area contributed by atoms with Gasteiger partial charge in [-0.3, -0.25) is 10.1 Å². The van der Waals surface area contributed by atoms with Crippen LogP contribution in [0.15, 0.2) is 48.5 Å². The van der Waals surface area contributed by atoms with Crippen LogP contribution < -0.4 is 0 Å². The van der Waals surface area contributed by atoms with Gasteiger partial charge in [-0.25, -0.2) is 0 Å². The van der Waals surface area contributed by atoms with Crippen LogP contribution in [0.4, 0.5) is 5.69 Å². The van der Waals surface area contributed by atoms with Crippen LogP contribution in [-0.4, -0.2) is 9.49 Å². The summed E-state index contributed by atoms with van der Waals surface area (Å²) in [5.41, 5.74) is 4.06. The van der Waals surface area contributed by atoms with Crippen molar-refractivity contribution in [2.24, 2.45) is 7.05 Å². The average molecular weight is 305 g/mol. The molecule has 0 saturated heterocycles. The topological polar surface area (TPSA) is 71.9 Å². The van der Waals surface area contributed by atoms with Gasteiger partial charge in [-0.1, -0.05) is 12.1 Å². The highest BCUT2D eigenvalue weighted by molar-refractivity contribution is 5.83. The summed E-state index contributed by atoms with van der Waals surface area (Å²) in [4.78, 5) is 10.5. The molecule has 0 N–H and O–H groups in total. The maximum atomic E-state index is 10.9. The smallest absolute Gasteiger partial charge is 0.270 e. The molecule has 0 bridgehead atoms. The van der Waals surface area contributed by atoms with Crippen LogP contribution >= 0.6 is 0 Å². The number of non-ortho nitro benzene ring substituents is 1. The monoisotopic (exact) mass is 305 g/mol. The van der Waals surface area contributed by atoms with Crippen LogP contribution in [-0.2, 0) is 19.9 Å². The van der Waals surface area contributed by atoms with E-state index in [-0.39, 0.29) is 10.6 Å². The Balaban J connectivity index is 1.83. The van der Waals surface area contributed by atoms with Crippen molar-refractivity contribution in [1.29, 1.82) is 5.26 Å². The van der Waals surface area contributed by atoms with E-state index in [2.05, 4.69) is 10.6 Å². The van der Waals surface area contributed by atoms with Crippen molar-refractivity contribution < 1.29 is 4.92 Å². The molecule has 0 spiro atoms. The number of aryl methyl sites for hydroxylation is 3. The highest BCUT2D eigenvalue weighted by Gasteiger charge is 2.11. The molecule has 5 nitrogen and oxygen atoms in total. The molecule has 0 amide bonds. The fourth-order valence-electron chi connectivity index (χ4n) is 2.77. The minimum Gasteiger partial charge on any atom is -0.348 e. The minimum atomic E-state index is -0.372. The molecule has 0 aliphatic rings. The molecule has 0 fully saturated rings. The van der Waals surface area contributed by atoms with Crippen molar-refractivity contribution in [1.82, 2.24) is 4.57 Å². The molecule has 1 aromatic heterocycles. The van der Waals surface area contributed by atoms with Crippen molar-refractivity contribution in [3.8, 4) is 6.07 Å². The zero-order valence-corrected chi connectivity index (χ0v) is 12.7. The number of fused-ring (bicyclic) bond motifs is 1. The Morgan fingerprint density at radius 2 is 1.87 bits per heavy atom. The van der Waals surface area contributed by atoms with Gasteiger partial charge in [0.05, 0.1) is 16.6 Å². The first-order valence-corrected chi connectivity index (χ1v) is 7.30. The highest BCUT2D eigenvalue weighted by atomic mass is 16.6. The predicted molar refractivity (Wildman–Crippen MR) is 88.1 cm³/mol. The molecule has 0 radical (unpaired) electrons. The van der Waals surface area contributed by atoms with E-state index in [9.17, 15) is 10.1 Å². The highest BCUT2D eigenvalue weighted by Crippen LogP contribution is 2.24. The third-order valence-corrected chi connectivity index (χ3v) is 4.09. The van der Waals surface area contributed by atoms with Crippen molar-refractivity contribution >= 4 is 16.6 Å². The van der Waals surface area contributed by atoms with Gasteiger partial charge in [0.2, 0.25) is 0 Å². The lowest BCUT2D eigenvalue weighted by atomic mass is 10.1. The molecule has 23 heavy (non-hydrogen) atoms. The number of rotatable bonds is 4. The van der Waals surface area contributed by atoms with E-state index in [1.54, 1.807) is 12.1 Å². The van der Waals surface area contributed by atoms with Gasteiger partial charge in [0, 0.05) is 35.8 Å². The Morgan fingerprint density at radius 3 is 2.52 bits per heavy atom. The third kappa shape index (κ3) is 2.92. The first-order chi connectivity index (χ1) is 11.1. The van der Waals surface area contributed by atoms with E-state index in [1.165, 1.54) is 11.6 Å². The Morgan fingerprint density at radius 1 is 1.13 bits per heavy atom. The van der Waals surface area contributed by atoms with Crippen LogP contribution in [0, 0.1) is 21.4 Å². The Bertz CT molecular complexity index is 918. The van der Waals surface area contributed by atoms with E-state index in [4.69, 9.17) is 5.26 Å². The second kappa shape index (κ2) is 5.93. The molecule has 0 atom stereocenters. The first kappa shape index (κ1) is 14.8. The number of benzene rings is 2. The van der Waals surface area contributed by atoms with Gasteiger partial charge in [-0.15, -0.1) is 0 Å². The van der Waals surface area contributed by atoms with Gasteiger partial charge < -0.3 is 4.57 Å². The summed E-state index contributed by atoms with van der Waals surface area (Å²) >= 11 is 0. The molecule has 0 saturated carbocycles. The molecular formula is C18H15N3O2. The molecule has 0 aliphatic heterocycles. The van der Waals surface area contributed by atoms with Crippen LogP contribution in [0.25, 0.3) is 10.9 Å². The van der Waals surface area contributed by atoms with Gasteiger partial charge in [0.15, 0.2) is 0 Å². The van der Waals surface area contributed by atoms with Gasteiger partial charge >= 0.3 is 0 Å². The van der Waals surface area contributed by atoms with Crippen LogP contribution in [0.2, 0.25) is 0 Å². The largest absolute Gasteiger partial charge is 0.348 e. The lowest BCUT2D eigenvalue weighted by molar-refractivity contribution is -0.384. The van der Waals surface area contributed by atoms with Crippen LogP contribution in [0.1, 0.15) is 16.8 Å². The molecule has 5 heteroatoms. The summed E-state index contributed by atoms with van der Waals surface area (Å²) in [5.74, 6) is 0. The fourth-order valence-corrected chi connectivity index (χ4v) is 2.77. The summed E-state index contributed by atoms with van der Waals surface area (Å²) in [6.07, 6.45) is 1.70. The molecular weight excluding hydrogens is 290 g/mol. The van der Waals surface area contributed by atoms with E-state index >= 15 is 0 Å². The van der Waals surface area contributed by atoms with Gasteiger partial charge in [-0.05, 0) is 42.7 Å². The Labute approximate surface area is 133 Å². The quantitative estimate of drug-likeness (QED) is 0.544. The second-order valence-electron chi connectivity index (χ2n) is 5.50. The first-order valence-electron chi connectivity index (χ1n) is 7.30. The number of hydrogen-bond acceptors (Lipinski definition) is 3. The predicted octanol–water partition coefficient (Wildman–Crippen LogP) is 3.74. The van der Waals surface area contributed by atoms with E-state index in [1.807, 2.05) is 37.4 Å². The molecule has 0 aliphatic carbocycles. The number of nitro groups is 1. The van der Waals surface area contributed by atoms with Crippen molar-refractivity contribution in [2.45, 2.75) is 12.8 Å². The zero-order chi connectivity index (χ0) is 16.4. The van der Waals surface area contributed by atoms with E-state index < -0.39 is 0 Å². The van der Waals surface area contributed by atoms with Crippen molar-refractivity contribution in [3.05, 3.63) is 75.5 Å². The molecule has 114 valence electrons. The average Bonchev–Trinajstić information content (AvgIpc) is 2.89. The second-order valence-corrected chi connectivity index (χ2v) is 5.50. The Kier molecular flexibility index (Phi) is 3.82. The molecule has 0 unspecified atom stereocenters. The molecule has 1 heterocycles. The van der Waals surface area contributed by atoms with Crippen molar-refractivity contribution in [3.63, 3.8) is 0 Å². The minimum absolute atomic E-state index is 0.113. The van der Waals surface area contributed by atoms with Crippen molar-refractivity contribution in [2.75, 3.05) is 0 Å². The lowest BCUT2D eigenvalue weighted by Gasteiger charge is -2.05. The van der Waals surface area contributed by atoms with E-state index in [0.29, 0.717) is 5.56 Å². The summed E-state index contributed by atoms with van der Waals surface area (Å²) in [5, 5.41) is 20.6. The molecule has 2 aromatic carbocycles. The zero-order valence-electron chi connectivity index (χ0n) is 12.7. The summed E-state index contributed by atoms with van der Waals surface area (Å²) < 4.78 is 2.07. The van der Waals surface area contributed by atoms with Crippen LogP contribution in [0.5, 0.6) is 0 Å². The summed E-state index contributed by atoms with van der Waals surface area (Å²) in [6, 6.07) is 16.6. The number of hydrogen-bond donors (Lipinski definition) is 0. The van der Waals surface area contributed by atoms with Gasteiger partial charge in [0.1, 0.15) is 0 Å². The maximum absolute atomic E-state index is 10.9. The molecule has 3 aromatic rings. The number of nitrogens with zero attached hydrogens (tertiary/aromatic N) is 3. The summed E-state index contributed by atoms with van der Waals surface area (Å²) in [6.45, 7) is 0. The SMILES string of the molecule is Cn1c(CCc2ccc(C#N)cc2)cc2cc([N+](=O)[O-])ccc21. The van der Waals surface area contributed by atoms with Gasteiger partial charge in [0.25, 0.3) is 5.69 Å². The summed E-state index contributed by atoms with van der Waals surface area (Å²) in [7, 11) is 1.97. The Hall–Kier alpha value is -3.13. The number of nitriles is 1. The van der Waals surface area contributed by atoms with Gasteiger partial charge in [-0.2, -0.15) is 5.26 Å².